The third-order valence-corrected chi connectivity index (χ3v) is 4.76. The van der Waals surface area contributed by atoms with Gasteiger partial charge in [-0.1, -0.05) is 44.2 Å². The van der Waals surface area contributed by atoms with Gasteiger partial charge in [0, 0.05) is 11.1 Å². The summed E-state index contributed by atoms with van der Waals surface area (Å²) in [4.78, 5) is 38.3. The fourth-order valence-electron chi connectivity index (χ4n) is 3.32. The van der Waals surface area contributed by atoms with E-state index in [2.05, 4.69) is 6.58 Å². The van der Waals surface area contributed by atoms with Crippen molar-refractivity contribution < 1.29 is 14.4 Å². The molecule has 3 rings (SSSR count). The molecule has 0 amide bonds. The molecule has 116 valence electrons. The summed E-state index contributed by atoms with van der Waals surface area (Å²) < 4.78 is 0. The van der Waals surface area contributed by atoms with E-state index >= 15 is 0 Å². The molecule has 0 aromatic heterocycles. The number of benzene rings is 2. The number of Topliss-reactive ketones (excluding diaryl/α,β-unsaturated/α-hetero) is 3. The highest BCUT2D eigenvalue weighted by molar-refractivity contribution is 6.53. The van der Waals surface area contributed by atoms with Crippen molar-refractivity contribution in [3.05, 3.63) is 59.7 Å². The summed E-state index contributed by atoms with van der Waals surface area (Å²) in [5, 5.41) is 1.56. The largest absolute Gasteiger partial charge is 0.293 e. The predicted molar refractivity (Wildman–Crippen MR) is 89.8 cm³/mol. The molecular weight excluding hydrogens is 288 g/mol. The van der Waals surface area contributed by atoms with Crippen molar-refractivity contribution in [1.29, 1.82) is 0 Å². The maximum Gasteiger partial charge on any atom is 0.230 e. The second-order valence-corrected chi connectivity index (χ2v) is 6.68. The summed E-state index contributed by atoms with van der Waals surface area (Å²) in [5.74, 6) is -2.50. The number of hydrogen-bond acceptors (Lipinski definition) is 3. The number of aryl methyl sites for hydroxylation is 1. The third-order valence-electron chi connectivity index (χ3n) is 4.76. The van der Waals surface area contributed by atoms with Gasteiger partial charge in [0.15, 0.2) is 5.78 Å². The lowest BCUT2D eigenvalue weighted by molar-refractivity contribution is -0.119. The summed E-state index contributed by atoms with van der Waals surface area (Å²) in [6.45, 7) is 9.13. The van der Waals surface area contributed by atoms with Gasteiger partial charge in [-0.3, -0.25) is 14.4 Å². The van der Waals surface area contributed by atoms with E-state index in [1.165, 1.54) is 0 Å². The Morgan fingerprint density at radius 1 is 1.04 bits per heavy atom. The van der Waals surface area contributed by atoms with Gasteiger partial charge < -0.3 is 0 Å². The molecule has 3 heteroatoms. The number of allylic oxidation sites excluding steroid dienone is 1. The Bertz CT molecular complexity index is 887. The molecule has 0 heterocycles. The zero-order chi connectivity index (χ0) is 16.9. The number of fused-ring (bicyclic) bond motifs is 3. The third kappa shape index (κ3) is 2.07. The van der Waals surface area contributed by atoms with Gasteiger partial charge in [0.25, 0.3) is 0 Å². The Hall–Kier alpha value is -2.55. The van der Waals surface area contributed by atoms with Crippen molar-refractivity contribution in [3.8, 4) is 0 Å². The van der Waals surface area contributed by atoms with E-state index in [1.54, 1.807) is 32.1 Å². The SMILES string of the molecule is C=CC(C)(C)C1C(=O)C(=O)c2c(cc(C)c3ccccc23)C1=O. The van der Waals surface area contributed by atoms with Gasteiger partial charge in [-0.05, 0) is 34.7 Å². The van der Waals surface area contributed by atoms with Crippen LogP contribution in [0.3, 0.4) is 0 Å². The van der Waals surface area contributed by atoms with Crippen LogP contribution in [-0.2, 0) is 4.79 Å². The van der Waals surface area contributed by atoms with Gasteiger partial charge >= 0.3 is 0 Å². The minimum atomic E-state index is -0.999. The Morgan fingerprint density at radius 2 is 1.65 bits per heavy atom. The lowest BCUT2D eigenvalue weighted by Gasteiger charge is -2.32. The zero-order valence-electron chi connectivity index (χ0n) is 13.5. The summed E-state index contributed by atoms with van der Waals surface area (Å²) >= 11 is 0. The van der Waals surface area contributed by atoms with Gasteiger partial charge in [-0.25, -0.2) is 0 Å². The summed E-state index contributed by atoms with van der Waals surface area (Å²) in [7, 11) is 0. The van der Waals surface area contributed by atoms with Gasteiger partial charge in [0.2, 0.25) is 11.6 Å². The van der Waals surface area contributed by atoms with E-state index < -0.39 is 22.9 Å². The molecule has 1 unspecified atom stereocenters. The van der Waals surface area contributed by atoms with E-state index in [-0.39, 0.29) is 11.3 Å². The van der Waals surface area contributed by atoms with Crippen molar-refractivity contribution in [1.82, 2.24) is 0 Å². The predicted octanol–water partition coefficient (Wildman–Crippen LogP) is 3.92. The molecule has 1 aliphatic rings. The van der Waals surface area contributed by atoms with Crippen LogP contribution in [0.1, 0.15) is 40.1 Å². The minimum absolute atomic E-state index is 0.248. The summed E-state index contributed by atoms with van der Waals surface area (Å²) in [5.41, 5.74) is 0.759. The lowest BCUT2D eigenvalue weighted by Crippen LogP contribution is -2.44. The lowest BCUT2D eigenvalue weighted by atomic mass is 9.67. The van der Waals surface area contributed by atoms with Crippen LogP contribution in [0, 0.1) is 18.3 Å². The van der Waals surface area contributed by atoms with Crippen molar-refractivity contribution in [2.75, 3.05) is 0 Å². The van der Waals surface area contributed by atoms with Crippen molar-refractivity contribution in [2.24, 2.45) is 11.3 Å². The molecule has 2 aromatic carbocycles. The quantitative estimate of drug-likeness (QED) is 0.480. The monoisotopic (exact) mass is 306 g/mol. The van der Waals surface area contributed by atoms with Crippen LogP contribution in [0.5, 0.6) is 0 Å². The second kappa shape index (κ2) is 4.98. The average molecular weight is 306 g/mol. The molecule has 3 nitrogen and oxygen atoms in total. The molecule has 2 aromatic rings. The van der Waals surface area contributed by atoms with Gasteiger partial charge in [0.1, 0.15) is 0 Å². The molecule has 0 spiro atoms. The molecule has 0 saturated heterocycles. The summed E-state index contributed by atoms with van der Waals surface area (Å²) in [6, 6.07) is 9.11. The molecule has 0 saturated carbocycles. The van der Waals surface area contributed by atoms with Crippen LogP contribution < -0.4 is 0 Å². The normalized spacial score (nSPS) is 18.2. The smallest absolute Gasteiger partial charge is 0.230 e. The highest BCUT2D eigenvalue weighted by Gasteiger charge is 2.47. The zero-order valence-corrected chi connectivity index (χ0v) is 13.5. The average Bonchev–Trinajstić information content (AvgIpc) is 2.53. The van der Waals surface area contributed by atoms with Gasteiger partial charge in [-0.15, -0.1) is 6.58 Å². The molecule has 1 aliphatic carbocycles. The molecule has 0 bridgehead atoms. The molecule has 0 aliphatic heterocycles. The maximum absolute atomic E-state index is 13.0. The molecule has 1 atom stereocenters. The topological polar surface area (TPSA) is 51.2 Å². The number of rotatable bonds is 2. The highest BCUT2D eigenvalue weighted by atomic mass is 16.2. The number of carbonyl (C=O) groups is 3. The van der Waals surface area contributed by atoms with Crippen molar-refractivity contribution in [2.45, 2.75) is 20.8 Å². The molecule has 0 fully saturated rings. The van der Waals surface area contributed by atoms with Crippen LogP contribution >= 0.6 is 0 Å². The Kier molecular flexibility index (Phi) is 3.33. The van der Waals surface area contributed by atoms with Gasteiger partial charge in [-0.2, -0.15) is 0 Å². The number of carbonyl (C=O) groups excluding carboxylic acids is 3. The Morgan fingerprint density at radius 3 is 2.26 bits per heavy atom. The van der Waals surface area contributed by atoms with Crippen molar-refractivity contribution in [3.63, 3.8) is 0 Å². The number of ketones is 3. The standard InChI is InChI=1S/C20H18O3/c1-5-20(3,4)16-17(21)14-10-11(2)12-8-6-7-9-13(12)15(14)18(22)19(16)23/h5-10,16H,1H2,2-4H3. The van der Waals surface area contributed by atoms with Crippen LogP contribution in [0.25, 0.3) is 10.8 Å². The van der Waals surface area contributed by atoms with Crippen LogP contribution in [0.2, 0.25) is 0 Å². The van der Waals surface area contributed by atoms with E-state index in [1.807, 2.05) is 25.1 Å². The van der Waals surface area contributed by atoms with Crippen LogP contribution in [0.15, 0.2) is 43.0 Å². The number of hydrogen-bond donors (Lipinski definition) is 0. The van der Waals surface area contributed by atoms with E-state index in [0.29, 0.717) is 10.9 Å². The maximum atomic E-state index is 13.0. The fraction of sp³-hybridized carbons (Fsp3) is 0.250. The van der Waals surface area contributed by atoms with E-state index in [9.17, 15) is 14.4 Å². The minimum Gasteiger partial charge on any atom is -0.293 e. The Balaban J connectivity index is 2.36. The molecule has 0 N–H and O–H groups in total. The molecule has 23 heavy (non-hydrogen) atoms. The first kappa shape index (κ1) is 15.3. The second-order valence-electron chi connectivity index (χ2n) is 6.68. The highest BCUT2D eigenvalue weighted by Crippen LogP contribution is 2.39. The molecule has 0 radical (unpaired) electrons. The van der Waals surface area contributed by atoms with Crippen LogP contribution in [-0.4, -0.2) is 17.3 Å². The first-order chi connectivity index (χ1) is 10.8. The fourth-order valence-corrected chi connectivity index (χ4v) is 3.32. The van der Waals surface area contributed by atoms with E-state index in [4.69, 9.17) is 0 Å². The summed E-state index contributed by atoms with van der Waals surface area (Å²) in [6.07, 6.45) is 1.57. The first-order valence-corrected chi connectivity index (χ1v) is 7.58. The Labute approximate surface area is 135 Å². The van der Waals surface area contributed by atoms with Crippen molar-refractivity contribution >= 4 is 28.1 Å². The van der Waals surface area contributed by atoms with Crippen LogP contribution in [0.4, 0.5) is 0 Å². The molecular formula is C20H18O3. The van der Waals surface area contributed by atoms with Gasteiger partial charge in [0.05, 0.1) is 5.92 Å². The van der Waals surface area contributed by atoms with E-state index in [0.717, 1.165) is 10.9 Å². The first-order valence-electron chi connectivity index (χ1n) is 7.58.